The van der Waals surface area contributed by atoms with Crippen LogP contribution < -0.4 is 0 Å². The third-order valence-corrected chi connectivity index (χ3v) is 3.89. The molecule has 0 saturated heterocycles. The highest BCUT2D eigenvalue weighted by Crippen LogP contribution is 2.31. The Morgan fingerprint density at radius 2 is 2.20 bits per heavy atom. The van der Waals surface area contributed by atoms with Crippen molar-refractivity contribution in [1.29, 1.82) is 0 Å². The Kier molecular flexibility index (Phi) is 5.09. The molecule has 5 nitrogen and oxygen atoms in total. The van der Waals surface area contributed by atoms with E-state index in [0.717, 1.165) is 32.1 Å². The molecule has 5 heteroatoms. The minimum absolute atomic E-state index is 0.142. The summed E-state index contributed by atoms with van der Waals surface area (Å²) in [7, 11) is 0. The molecule has 1 aromatic rings. The number of hydrogen-bond acceptors (Lipinski definition) is 4. The molecule has 2 rings (SSSR count). The van der Waals surface area contributed by atoms with Gasteiger partial charge in [-0.2, -0.15) is 0 Å². The lowest BCUT2D eigenvalue weighted by Gasteiger charge is -2.26. The van der Waals surface area contributed by atoms with E-state index in [0.29, 0.717) is 5.76 Å². The van der Waals surface area contributed by atoms with Crippen LogP contribution in [0.25, 0.3) is 6.08 Å². The lowest BCUT2D eigenvalue weighted by atomic mass is 9.78. The fraction of sp³-hybridized carbons (Fsp3) is 0.533. The largest absolute Gasteiger partial charge is 0.465 e. The van der Waals surface area contributed by atoms with Crippen LogP contribution >= 0.6 is 0 Å². The zero-order valence-electron chi connectivity index (χ0n) is 11.4. The fourth-order valence-electron chi connectivity index (χ4n) is 2.84. The highest BCUT2D eigenvalue weighted by atomic mass is 16.6. The van der Waals surface area contributed by atoms with E-state index in [9.17, 15) is 14.9 Å². The number of allylic oxidation sites excluding steroid dienone is 1. The number of carbonyl (C=O) groups is 1. The quantitative estimate of drug-likeness (QED) is 0.454. The number of carbonyl (C=O) groups excluding carboxylic acids is 1. The minimum atomic E-state index is -0.503. The Bertz CT molecular complexity index is 472. The second-order valence-corrected chi connectivity index (χ2v) is 5.27. The van der Waals surface area contributed by atoms with E-state index in [1.54, 1.807) is 18.2 Å². The molecule has 1 atom stereocenters. The Hall–Kier alpha value is -1.91. The van der Waals surface area contributed by atoms with Crippen LogP contribution in [0.2, 0.25) is 0 Å². The third kappa shape index (κ3) is 4.05. The van der Waals surface area contributed by atoms with Crippen LogP contribution in [0.5, 0.6) is 0 Å². The molecule has 1 aliphatic carbocycles. The lowest BCUT2D eigenvalue weighted by molar-refractivity contribution is -0.487. The van der Waals surface area contributed by atoms with Gasteiger partial charge in [-0.3, -0.25) is 14.9 Å². The molecular formula is C15H19NO4. The van der Waals surface area contributed by atoms with Crippen LogP contribution in [-0.4, -0.2) is 17.3 Å². The zero-order chi connectivity index (χ0) is 14.4. The van der Waals surface area contributed by atoms with E-state index in [1.165, 1.54) is 12.3 Å². The summed E-state index contributed by atoms with van der Waals surface area (Å²) in [6.07, 6.45) is 9.65. The first-order valence-electron chi connectivity index (χ1n) is 7.04. The Labute approximate surface area is 117 Å². The molecule has 20 heavy (non-hydrogen) atoms. The highest BCUT2D eigenvalue weighted by Gasteiger charge is 2.32. The number of nitro groups is 1. The first kappa shape index (κ1) is 14.5. The molecule has 1 fully saturated rings. The normalized spacial score (nSPS) is 18.2. The van der Waals surface area contributed by atoms with Crippen LogP contribution in [0, 0.1) is 22.0 Å². The van der Waals surface area contributed by atoms with E-state index in [2.05, 4.69) is 0 Å². The van der Waals surface area contributed by atoms with Gasteiger partial charge in [0.1, 0.15) is 5.76 Å². The topological polar surface area (TPSA) is 73.3 Å². The average Bonchev–Trinajstić information content (AvgIpc) is 2.96. The van der Waals surface area contributed by atoms with E-state index in [1.807, 2.05) is 0 Å². The van der Waals surface area contributed by atoms with Crippen LogP contribution in [0.4, 0.5) is 0 Å². The molecule has 1 aliphatic rings. The van der Waals surface area contributed by atoms with E-state index >= 15 is 0 Å². The summed E-state index contributed by atoms with van der Waals surface area (Å²) in [5.41, 5.74) is 0. The number of hydrogen-bond donors (Lipinski definition) is 0. The third-order valence-electron chi connectivity index (χ3n) is 3.89. The molecule has 0 N–H and O–H groups in total. The summed E-state index contributed by atoms with van der Waals surface area (Å²) in [6.45, 7) is -0.272. The molecule has 0 aliphatic heterocycles. The van der Waals surface area contributed by atoms with Gasteiger partial charge in [-0.25, -0.2) is 0 Å². The van der Waals surface area contributed by atoms with Gasteiger partial charge >= 0.3 is 0 Å². The van der Waals surface area contributed by atoms with Gasteiger partial charge in [-0.1, -0.05) is 19.3 Å². The number of rotatable bonds is 6. The molecule has 0 amide bonds. The second-order valence-electron chi connectivity index (χ2n) is 5.27. The maximum Gasteiger partial charge on any atom is 0.214 e. The lowest BCUT2D eigenvalue weighted by Crippen LogP contribution is -2.30. The maximum absolute atomic E-state index is 12.2. The molecule has 0 aromatic carbocycles. The minimum Gasteiger partial charge on any atom is -0.465 e. The molecule has 0 unspecified atom stereocenters. The van der Waals surface area contributed by atoms with Crippen molar-refractivity contribution < 1.29 is 14.1 Å². The van der Waals surface area contributed by atoms with Crippen molar-refractivity contribution in [3.8, 4) is 0 Å². The van der Waals surface area contributed by atoms with Gasteiger partial charge in [0.25, 0.3) is 0 Å². The van der Waals surface area contributed by atoms with Gasteiger partial charge in [0, 0.05) is 4.92 Å². The number of ketones is 1. The monoisotopic (exact) mass is 277 g/mol. The van der Waals surface area contributed by atoms with Gasteiger partial charge in [-0.15, -0.1) is 0 Å². The number of furan rings is 1. The van der Waals surface area contributed by atoms with Crippen LogP contribution in [0.3, 0.4) is 0 Å². The SMILES string of the molecule is O=C(/C=C/c1ccco1)[C@H](C[N+](=O)[O-])C1CCCCC1. The van der Waals surface area contributed by atoms with E-state index in [-0.39, 0.29) is 23.2 Å². The predicted octanol–water partition coefficient (Wildman–Crippen LogP) is 3.34. The van der Waals surface area contributed by atoms with Crippen molar-refractivity contribution in [2.45, 2.75) is 32.1 Å². The van der Waals surface area contributed by atoms with Crippen molar-refractivity contribution >= 4 is 11.9 Å². The van der Waals surface area contributed by atoms with Crippen LogP contribution in [-0.2, 0) is 4.79 Å². The second kappa shape index (κ2) is 7.03. The maximum atomic E-state index is 12.2. The molecule has 0 bridgehead atoms. The number of nitrogens with zero attached hydrogens (tertiary/aromatic N) is 1. The van der Waals surface area contributed by atoms with Gasteiger partial charge < -0.3 is 4.42 Å². The molecule has 1 aromatic heterocycles. The van der Waals surface area contributed by atoms with Gasteiger partial charge in [0.15, 0.2) is 5.78 Å². The summed E-state index contributed by atoms with van der Waals surface area (Å²) in [6, 6.07) is 3.48. The van der Waals surface area contributed by atoms with Gasteiger partial charge in [0.2, 0.25) is 6.54 Å². The van der Waals surface area contributed by atoms with Crippen molar-refractivity contribution in [2.75, 3.05) is 6.54 Å². The van der Waals surface area contributed by atoms with Crippen molar-refractivity contribution in [2.24, 2.45) is 11.8 Å². The first-order valence-corrected chi connectivity index (χ1v) is 7.04. The molecular weight excluding hydrogens is 258 g/mol. The smallest absolute Gasteiger partial charge is 0.214 e. The summed E-state index contributed by atoms with van der Waals surface area (Å²) in [5, 5.41) is 10.8. The highest BCUT2D eigenvalue weighted by molar-refractivity contribution is 5.95. The first-order chi connectivity index (χ1) is 9.66. The van der Waals surface area contributed by atoms with Crippen molar-refractivity contribution in [3.05, 3.63) is 40.3 Å². The molecule has 0 spiro atoms. The van der Waals surface area contributed by atoms with E-state index in [4.69, 9.17) is 4.42 Å². The van der Waals surface area contributed by atoms with E-state index < -0.39 is 5.92 Å². The van der Waals surface area contributed by atoms with Crippen molar-refractivity contribution in [3.63, 3.8) is 0 Å². The van der Waals surface area contributed by atoms with Crippen LogP contribution in [0.15, 0.2) is 28.9 Å². The molecule has 0 radical (unpaired) electrons. The Balaban J connectivity index is 2.04. The summed E-state index contributed by atoms with van der Waals surface area (Å²) < 4.78 is 5.12. The Morgan fingerprint density at radius 3 is 2.80 bits per heavy atom. The summed E-state index contributed by atoms with van der Waals surface area (Å²) in [4.78, 5) is 22.7. The average molecular weight is 277 g/mol. The zero-order valence-corrected chi connectivity index (χ0v) is 11.4. The van der Waals surface area contributed by atoms with Gasteiger partial charge in [0.05, 0.1) is 12.2 Å². The van der Waals surface area contributed by atoms with Crippen LogP contribution in [0.1, 0.15) is 37.9 Å². The van der Waals surface area contributed by atoms with Crippen molar-refractivity contribution in [1.82, 2.24) is 0 Å². The molecule has 1 saturated carbocycles. The predicted molar refractivity (Wildman–Crippen MR) is 74.7 cm³/mol. The Morgan fingerprint density at radius 1 is 1.45 bits per heavy atom. The fourth-order valence-corrected chi connectivity index (χ4v) is 2.84. The summed E-state index contributed by atoms with van der Waals surface area (Å²) >= 11 is 0. The van der Waals surface area contributed by atoms with Gasteiger partial charge in [-0.05, 0) is 43.0 Å². The molecule has 108 valence electrons. The summed E-state index contributed by atoms with van der Waals surface area (Å²) in [5.74, 6) is 0.0614. The standard InChI is InChI=1S/C15H19NO4/c17-15(9-8-13-7-4-10-20-13)14(11-16(18)19)12-5-2-1-3-6-12/h4,7-10,12,14H,1-3,5-6,11H2/b9-8+/t14-/m1/s1. The molecule has 1 heterocycles.